The smallest absolute Gasteiger partial charge is 0.305 e. The highest BCUT2D eigenvalue weighted by Crippen LogP contribution is 2.26. The van der Waals surface area contributed by atoms with Crippen LogP contribution in [0.15, 0.2) is 0 Å². The molecule has 1 saturated carbocycles. The van der Waals surface area contributed by atoms with E-state index in [1.807, 2.05) is 6.92 Å². The lowest BCUT2D eigenvalue weighted by molar-refractivity contribution is -0.142. The lowest BCUT2D eigenvalue weighted by Gasteiger charge is -2.33. The molecule has 1 rings (SSSR count). The molecule has 0 saturated heterocycles. The second-order valence-corrected chi connectivity index (χ2v) is 5.18. The quantitative estimate of drug-likeness (QED) is 0.774. The third-order valence-electron chi connectivity index (χ3n) is 3.75. The number of carboxylic acids is 1. The topological polar surface area (TPSA) is 83.6 Å². The summed E-state index contributed by atoms with van der Waals surface area (Å²) in [5, 5.41) is 8.80. The normalized spacial score (nSPS) is 25.5. The molecule has 0 aromatic rings. The molecule has 0 aromatic heterocycles. The van der Waals surface area contributed by atoms with Gasteiger partial charge in [0.15, 0.2) is 0 Å². The Morgan fingerprint density at radius 1 is 1.33 bits per heavy atom. The van der Waals surface area contributed by atoms with E-state index < -0.39 is 5.97 Å². The predicted molar refractivity (Wildman–Crippen MR) is 69.0 cm³/mol. The van der Waals surface area contributed by atoms with Gasteiger partial charge in [0.1, 0.15) is 0 Å². The van der Waals surface area contributed by atoms with Crippen LogP contribution in [0.25, 0.3) is 0 Å². The number of carboxylic acid groups (broad SMARTS) is 1. The first kappa shape index (κ1) is 15.0. The largest absolute Gasteiger partial charge is 0.481 e. The van der Waals surface area contributed by atoms with Gasteiger partial charge >= 0.3 is 5.97 Å². The maximum absolute atomic E-state index is 12.4. The van der Waals surface area contributed by atoms with Crippen molar-refractivity contribution in [3.8, 4) is 0 Å². The second-order valence-electron chi connectivity index (χ2n) is 5.18. The second kappa shape index (κ2) is 6.73. The Morgan fingerprint density at radius 2 is 1.89 bits per heavy atom. The first-order valence-electron chi connectivity index (χ1n) is 6.73. The minimum atomic E-state index is -0.862. The van der Waals surface area contributed by atoms with E-state index in [9.17, 15) is 9.59 Å². The molecule has 0 heterocycles. The van der Waals surface area contributed by atoms with E-state index in [1.165, 1.54) is 0 Å². The van der Waals surface area contributed by atoms with Crippen LogP contribution >= 0.6 is 0 Å². The number of aliphatic carboxylic acids is 1. The van der Waals surface area contributed by atoms with E-state index in [0.717, 1.165) is 25.7 Å². The molecule has 0 spiro atoms. The third-order valence-corrected chi connectivity index (χ3v) is 3.75. The van der Waals surface area contributed by atoms with Crippen LogP contribution in [0.4, 0.5) is 0 Å². The maximum atomic E-state index is 12.4. The van der Waals surface area contributed by atoms with Gasteiger partial charge in [0.25, 0.3) is 0 Å². The van der Waals surface area contributed by atoms with Gasteiger partial charge in [0.2, 0.25) is 5.91 Å². The number of rotatable bonds is 5. The Labute approximate surface area is 108 Å². The monoisotopic (exact) mass is 256 g/mol. The molecule has 0 aromatic carbocycles. The Balaban J connectivity index is 2.58. The zero-order chi connectivity index (χ0) is 13.7. The maximum Gasteiger partial charge on any atom is 0.305 e. The van der Waals surface area contributed by atoms with Crippen molar-refractivity contribution >= 4 is 11.9 Å². The minimum Gasteiger partial charge on any atom is -0.481 e. The highest BCUT2D eigenvalue weighted by molar-refractivity contribution is 5.80. The van der Waals surface area contributed by atoms with Crippen LogP contribution < -0.4 is 5.73 Å². The number of amides is 1. The van der Waals surface area contributed by atoms with Crippen LogP contribution in [0, 0.1) is 5.92 Å². The summed E-state index contributed by atoms with van der Waals surface area (Å²) in [6.07, 6.45) is 3.45. The molecule has 0 bridgehead atoms. The van der Waals surface area contributed by atoms with Crippen LogP contribution in [-0.4, -0.2) is 40.5 Å². The summed E-state index contributed by atoms with van der Waals surface area (Å²) in [6.45, 7) is 4.25. The van der Waals surface area contributed by atoms with Crippen molar-refractivity contribution in [1.82, 2.24) is 4.90 Å². The molecular weight excluding hydrogens is 232 g/mol. The van der Waals surface area contributed by atoms with Crippen molar-refractivity contribution in [1.29, 1.82) is 0 Å². The lowest BCUT2D eigenvalue weighted by Crippen LogP contribution is -2.44. The van der Waals surface area contributed by atoms with Gasteiger partial charge in [-0.15, -0.1) is 0 Å². The van der Waals surface area contributed by atoms with Crippen molar-refractivity contribution in [2.75, 3.05) is 6.54 Å². The SMILES string of the molecule is CCN(C(=O)C1CCC(N)CC1)C(C)CC(=O)O. The van der Waals surface area contributed by atoms with Crippen LogP contribution in [0.1, 0.15) is 46.0 Å². The Morgan fingerprint density at radius 3 is 2.33 bits per heavy atom. The fourth-order valence-corrected chi connectivity index (χ4v) is 2.65. The summed E-state index contributed by atoms with van der Waals surface area (Å²) in [7, 11) is 0. The van der Waals surface area contributed by atoms with Crippen LogP contribution in [0.2, 0.25) is 0 Å². The van der Waals surface area contributed by atoms with Crippen molar-refractivity contribution < 1.29 is 14.7 Å². The Bertz CT molecular complexity index is 299. The number of carbonyl (C=O) groups excluding carboxylic acids is 1. The molecule has 1 fully saturated rings. The first-order valence-corrected chi connectivity index (χ1v) is 6.73. The summed E-state index contributed by atoms with van der Waals surface area (Å²) in [5.41, 5.74) is 5.83. The number of hydrogen-bond donors (Lipinski definition) is 2. The molecule has 18 heavy (non-hydrogen) atoms. The van der Waals surface area contributed by atoms with E-state index in [1.54, 1.807) is 11.8 Å². The fraction of sp³-hybridized carbons (Fsp3) is 0.846. The molecule has 0 radical (unpaired) electrons. The van der Waals surface area contributed by atoms with Gasteiger partial charge in [-0.1, -0.05) is 0 Å². The summed E-state index contributed by atoms with van der Waals surface area (Å²) in [6, 6.07) is -0.0174. The molecule has 3 N–H and O–H groups in total. The van der Waals surface area contributed by atoms with E-state index in [0.29, 0.717) is 6.54 Å². The Kier molecular flexibility index (Phi) is 5.59. The zero-order valence-electron chi connectivity index (χ0n) is 11.3. The first-order chi connectivity index (χ1) is 8.45. The highest BCUT2D eigenvalue weighted by atomic mass is 16.4. The standard InChI is InChI=1S/C13H24N2O3/c1-3-15(9(2)8-12(16)17)13(18)10-4-6-11(14)7-5-10/h9-11H,3-8,14H2,1-2H3,(H,16,17). The molecule has 5 heteroatoms. The molecule has 1 atom stereocenters. The van der Waals surface area contributed by atoms with Gasteiger partial charge in [0.05, 0.1) is 6.42 Å². The molecule has 104 valence electrons. The number of nitrogens with zero attached hydrogens (tertiary/aromatic N) is 1. The summed E-state index contributed by atoms with van der Waals surface area (Å²) in [5.74, 6) is -0.737. The van der Waals surface area contributed by atoms with Crippen molar-refractivity contribution in [2.45, 2.75) is 58.0 Å². The van der Waals surface area contributed by atoms with Gasteiger partial charge in [-0.3, -0.25) is 9.59 Å². The van der Waals surface area contributed by atoms with Crippen molar-refractivity contribution in [3.63, 3.8) is 0 Å². The van der Waals surface area contributed by atoms with Gasteiger partial charge in [-0.25, -0.2) is 0 Å². The predicted octanol–water partition coefficient (Wildman–Crippen LogP) is 1.22. The van der Waals surface area contributed by atoms with Gasteiger partial charge in [-0.2, -0.15) is 0 Å². The number of hydrogen-bond acceptors (Lipinski definition) is 3. The van der Waals surface area contributed by atoms with Crippen molar-refractivity contribution in [2.24, 2.45) is 11.7 Å². The number of nitrogens with two attached hydrogens (primary N) is 1. The average molecular weight is 256 g/mol. The molecule has 1 amide bonds. The molecule has 1 aliphatic carbocycles. The highest BCUT2D eigenvalue weighted by Gasteiger charge is 2.30. The molecular formula is C13H24N2O3. The number of carbonyl (C=O) groups is 2. The van der Waals surface area contributed by atoms with E-state index in [4.69, 9.17) is 10.8 Å². The molecule has 1 unspecified atom stereocenters. The van der Waals surface area contributed by atoms with Crippen molar-refractivity contribution in [3.05, 3.63) is 0 Å². The minimum absolute atomic E-state index is 0.00577. The summed E-state index contributed by atoms with van der Waals surface area (Å²) < 4.78 is 0. The summed E-state index contributed by atoms with van der Waals surface area (Å²) in [4.78, 5) is 24.8. The van der Waals surface area contributed by atoms with Crippen LogP contribution in [0.3, 0.4) is 0 Å². The lowest BCUT2D eigenvalue weighted by atomic mass is 9.85. The van der Waals surface area contributed by atoms with Gasteiger partial charge in [-0.05, 0) is 39.5 Å². The molecule has 5 nitrogen and oxygen atoms in total. The molecule has 1 aliphatic rings. The Hall–Kier alpha value is -1.10. The van der Waals surface area contributed by atoms with E-state index >= 15 is 0 Å². The average Bonchev–Trinajstić information content (AvgIpc) is 2.29. The molecule has 0 aliphatic heterocycles. The van der Waals surface area contributed by atoms with Crippen LogP contribution in [0.5, 0.6) is 0 Å². The third kappa shape index (κ3) is 3.98. The van der Waals surface area contributed by atoms with E-state index in [2.05, 4.69) is 0 Å². The fourth-order valence-electron chi connectivity index (χ4n) is 2.65. The van der Waals surface area contributed by atoms with Gasteiger partial charge < -0.3 is 15.7 Å². The van der Waals surface area contributed by atoms with Gasteiger partial charge in [0, 0.05) is 24.5 Å². The van der Waals surface area contributed by atoms with Crippen LogP contribution in [-0.2, 0) is 9.59 Å². The summed E-state index contributed by atoms with van der Waals surface area (Å²) >= 11 is 0. The zero-order valence-corrected chi connectivity index (χ0v) is 11.3. The van der Waals surface area contributed by atoms with E-state index in [-0.39, 0.29) is 30.3 Å².